The summed E-state index contributed by atoms with van der Waals surface area (Å²) in [6.07, 6.45) is -1.86. The van der Waals surface area contributed by atoms with Crippen LogP contribution in [-0.2, 0) is 6.54 Å². The molecule has 168 valence electrons. The summed E-state index contributed by atoms with van der Waals surface area (Å²) in [7, 11) is 1.59. The SMILES string of the molecule is COc1ccc2oc(=O)cc(NC3CCN(Cc4ccc5c(c4)OC(F)(F)O5)CC3)c2c1. The minimum atomic E-state index is -3.60. The number of alkyl halides is 2. The molecule has 3 heterocycles. The zero-order chi connectivity index (χ0) is 22.3. The lowest BCUT2D eigenvalue weighted by molar-refractivity contribution is -0.286. The second-order valence-electron chi connectivity index (χ2n) is 7.98. The highest BCUT2D eigenvalue weighted by Gasteiger charge is 2.43. The fourth-order valence-electron chi connectivity index (χ4n) is 4.19. The number of fused-ring (bicyclic) bond motifs is 2. The molecule has 1 saturated heterocycles. The van der Waals surface area contributed by atoms with Crippen molar-refractivity contribution in [2.45, 2.75) is 31.7 Å². The molecular formula is C23H22F2N2O5. The number of piperidine rings is 1. The van der Waals surface area contributed by atoms with E-state index in [-0.39, 0.29) is 17.5 Å². The van der Waals surface area contributed by atoms with Crippen molar-refractivity contribution >= 4 is 16.7 Å². The van der Waals surface area contributed by atoms with E-state index in [9.17, 15) is 13.6 Å². The number of benzene rings is 2. The van der Waals surface area contributed by atoms with Crippen LogP contribution in [0, 0.1) is 0 Å². The minimum Gasteiger partial charge on any atom is -0.497 e. The van der Waals surface area contributed by atoms with Crippen LogP contribution in [0.5, 0.6) is 17.2 Å². The molecule has 32 heavy (non-hydrogen) atoms. The number of anilines is 1. The summed E-state index contributed by atoms with van der Waals surface area (Å²) in [6, 6.07) is 11.9. The van der Waals surface area contributed by atoms with Crippen LogP contribution in [-0.4, -0.2) is 37.4 Å². The van der Waals surface area contributed by atoms with Gasteiger partial charge in [-0.2, -0.15) is 0 Å². The summed E-state index contributed by atoms with van der Waals surface area (Å²) < 4.78 is 46.0. The number of hydrogen-bond donors (Lipinski definition) is 1. The third kappa shape index (κ3) is 4.20. The fraction of sp³-hybridized carbons (Fsp3) is 0.348. The maximum atomic E-state index is 13.2. The first-order valence-corrected chi connectivity index (χ1v) is 10.4. The molecule has 0 spiro atoms. The molecule has 2 aromatic carbocycles. The highest BCUT2D eigenvalue weighted by atomic mass is 19.3. The van der Waals surface area contributed by atoms with Crippen molar-refractivity contribution in [3.8, 4) is 17.2 Å². The van der Waals surface area contributed by atoms with E-state index in [4.69, 9.17) is 9.15 Å². The first-order valence-electron chi connectivity index (χ1n) is 10.4. The van der Waals surface area contributed by atoms with Crippen molar-refractivity contribution in [1.82, 2.24) is 4.90 Å². The second kappa shape index (κ2) is 7.98. The predicted octanol–water partition coefficient (Wildman–Crippen LogP) is 4.20. The number of nitrogens with one attached hydrogen (secondary N) is 1. The molecule has 0 radical (unpaired) electrons. The van der Waals surface area contributed by atoms with Crippen molar-refractivity contribution < 1.29 is 27.4 Å². The molecule has 2 aliphatic rings. The Balaban J connectivity index is 1.23. The second-order valence-corrected chi connectivity index (χ2v) is 7.98. The predicted molar refractivity (Wildman–Crippen MR) is 114 cm³/mol. The number of ether oxygens (including phenoxy) is 3. The van der Waals surface area contributed by atoms with Crippen molar-refractivity contribution in [2.75, 3.05) is 25.5 Å². The van der Waals surface area contributed by atoms with E-state index in [1.54, 1.807) is 31.4 Å². The lowest BCUT2D eigenvalue weighted by Crippen LogP contribution is -2.38. The van der Waals surface area contributed by atoms with Gasteiger partial charge in [-0.05, 0) is 48.7 Å². The van der Waals surface area contributed by atoms with Gasteiger partial charge in [-0.3, -0.25) is 4.90 Å². The van der Waals surface area contributed by atoms with Crippen LogP contribution in [0.2, 0.25) is 0 Å². The van der Waals surface area contributed by atoms with Crippen LogP contribution in [0.1, 0.15) is 18.4 Å². The Morgan fingerprint density at radius 2 is 1.88 bits per heavy atom. The topological polar surface area (TPSA) is 73.2 Å². The molecule has 0 aliphatic carbocycles. The number of hydrogen-bond acceptors (Lipinski definition) is 7. The van der Waals surface area contributed by atoms with Gasteiger partial charge in [0.1, 0.15) is 11.3 Å². The molecule has 0 amide bonds. The summed E-state index contributed by atoms with van der Waals surface area (Å²) in [4.78, 5) is 14.2. The average Bonchev–Trinajstić information content (AvgIpc) is 3.08. The molecule has 1 aromatic heterocycles. The van der Waals surface area contributed by atoms with Gasteiger partial charge in [-0.15, -0.1) is 8.78 Å². The molecule has 0 saturated carbocycles. The Bertz CT molecular complexity index is 1200. The zero-order valence-corrected chi connectivity index (χ0v) is 17.4. The number of methoxy groups -OCH3 is 1. The first-order chi connectivity index (χ1) is 15.4. The molecule has 0 atom stereocenters. The zero-order valence-electron chi connectivity index (χ0n) is 17.4. The van der Waals surface area contributed by atoms with Crippen molar-refractivity contribution in [2.24, 2.45) is 0 Å². The van der Waals surface area contributed by atoms with Crippen LogP contribution in [0.15, 0.2) is 51.7 Å². The average molecular weight is 444 g/mol. The molecule has 1 fully saturated rings. The van der Waals surface area contributed by atoms with Gasteiger partial charge in [-0.25, -0.2) is 4.79 Å². The summed E-state index contributed by atoms with van der Waals surface area (Å²) in [5.41, 5.74) is 1.71. The summed E-state index contributed by atoms with van der Waals surface area (Å²) >= 11 is 0. The van der Waals surface area contributed by atoms with Crippen molar-refractivity contribution in [3.05, 3.63) is 58.4 Å². The normalized spacial score (nSPS) is 18.1. The first kappa shape index (κ1) is 20.6. The third-order valence-corrected chi connectivity index (χ3v) is 5.77. The molecule has 1 N–H and O–H groups in total. The van der Waals surface area contributed by atoms with Crippen LogP contribution in [0.25, 0.3) is 11.0 Å². The van der Waals surface area contributed by atoms with Crippen molar-refractivity contribution in [1.29, 1.82) is 0 Å². The summed E-state index contributed by atoms with van der Waals surface area (Å²) in [5, 5.41) is 4.28. The van der Waals surface area contributed by atoms with Gasteiger partial charge >= 0.3 is 11.9 Å². The number of rotatable bonds is 5. The van der Waals surface area contributed by atoms with E-state index in [2.05, 4.69) is 19.7 Å². The van der Waals surface area contributed by atoms with Crippen LogP contribution < -0.4 is 25.2 Å². The monoisotopic (exact) mass is 444 g/mol. The standard InChI is InChI=1S/C23H22F2N2O5/c1-29-16-3-5-19-17(11-16)18(12-22(28)30-19)26-15-6-8-27(9-7-15)13-14-2-4-20-21(10-14)32-23(24,25)31-20/h2-5,10-12,15,26H,6-9,13H2,1H3. The van der Waals surface area contributed by atoms with Gasteiger partial charge in [0, 0.05) is 37.1 Å². The van der Waals surface area contributed by atoms with Crippen molar-refractivity contribution in [3.63, 3.8) is 0 Å². The Kier molecular flexibility index (Phi) is 5.13. The van der Waals surface area contributed by atoms with Gasteiger partial charge in [0.2, 0.25) is 0 Å². The van der Waals surface area contributed by atoms with E-state index < -0.39 is 11.9 Å². The lowest BCUT2D eigenvalue weighted by atomic mass is 10.0. The molecule has 5 rings (SSSR count). The number of halogens is 2. The van der Waals surface area contributed by atoms with Gasteiger partial charge in [0.05, 0.1) is 12.8 Å². The molecular weight excluding hydrogens is 422 g/mol. The van der Waals surface area contributed by atoms with E-state index >= 15 is 0 Å². The molecule has 3 aromatic rings. The van der Waals surface area contributed by atoms with E-state index in [1.165, 1.54) is 12.1 Å². The van der Waals surface area contributed by atoms with Gasteiger partial charge in [0.25, 0.3) is 0 Å². The van der Waals surface area contributed by atoms with Gasteiger partial charge in [-0.1, -0.05) is 6.07 Å². The summed E-state index contributed by atoms with van der Waals surface area (Å²) in [5.74, 6) is 0.804. The van der Waals surface area contributed by atoms with Crippen LogP contribution in [0.3, 0.4) is 0 Å². The fourth-order valence-corrected chi connectivity index (χ4v) is 4.19. The Labute approximate surface area is 182 Å². The Morgan fingerprint density at radius 1 is 1.09 bits per heavy atom. The maximum Gasteiger partial charge on any atom is 0.586 e. The summed E-state index contributed by atoms with van der Waals surface area (Å²) in [6.45, 7) is 2.28. The molecule has 0 bridgehead atoms. The van der Waals surface area contributed by atoms with Gasteiger partial charge < -0.3 is 23.9 Å². The quantitative estimate of drug-likeness (QED) is 0.592. The molecule has 0 unspecified atom stereocenters. The molecule has 7 nitrogen and oxygen atoms in total. The minimum absolute atomic E-state index is 0.0536. The van der Waals surface area contributed by atoms with E-state index in [0.717, 1.165) is 42.6 Å². The van der Waals surface area contributed by atoms with Crippen LogP contribution >= 0.6 is 0 Å². The number of likely N-dealkylation sites (tertiary alicyclic amines) is 1. The number of nitrogens with zero attached hydrogens (tertiary/aromatic N) is 1. The highest BCUT2D eigenvalue weighted by molar-refractivity contribution is 5.90. The smallest absolute Gasteiger partial charge is 0.497 e. The van der Waals surface area contributed by atoms with Crippen LogP contribution in [0.4, 0.5) is 14.5 Å². The Hall–Kier alpha value is -3.33. The maximum absolute atomic E-state index is 13.2. The molecule has 9 heteroatoms. The van der Waals surface area contributed by atoms with E-state index in [0.29, 0.717) is 17.9 Å². The van der Waals surface area contributed by atoms with Gasteiger partial charge in [0.15, 0.2) is 11.5 Å². The third-order valence-electron chi connectivity index (χ3n) is 5.77. The van der Waals surface area contributed by atoms with E-state index in [1.807, 2.05) is 6.07 Å². The molecule has 2 aliphatic heterocycles. The highest BCUT2D eigenvalue weighted by Crippen LogP contribution is 2.41. The Morgan fingerprint density at radius 3 is 2.66 bits per heavy atom. The lowest BCUT2D eigenvalue weighted by Gasteiger charge is -2.33. The largest absolute Gasteiger partial charge is 0.586 e.